The summed E-state index contributed by atoms with van der Waals surface area (Å²) in [6.07, 6.45) is 2.29. The third kappa shape index (κ3) is 4.09. The van der Waals surface area contributed by atoms with E-state index in [0.717, 1.165) is 29.0 Å². The number of aryl methyl sites for hydroxylation is 1. The van der Waals surface area contributed by atoms with Gasteiger partial charge in [-0.2, -0.15) is 0 Å². The normalized spacial score (nSPS) is 15.5. The van der Waals surface area contributed by atoms with Crippen LogP contribution in [0.2, 0.25) is 0 Å². The molecular formula is C24H24N2O3S. The Bertz CT molecular complexity index is 1060. The van der Waals surface area contributed by atoms with Crippen molar-refractivity contribution in [1.82, 2.24) is 5.32 Å². The molecule has 1 unspecified atom stereocenters. The molecule has 0 saturated heterocycles. The number of hydrogen-bond donors (Lipinski definition) is 1. The molecule has 2 aromatic carbocycles. The van der Waals surface area contributed by atoms with Gasteiger partial charge in [0.25, 0.3) is 5.91 Å². The second-order valence-corrected chi connectivity index (χ2v) is 8.04. The van der Waals surface area contributed by atoms with E-state index >= 15 is 0 Å². The number of rotatable bonds is 7. The number of hydrogen-bond acceptors (Lipinski definition) is 5. The largest absolute Gasteiger partial charge is 0.489 e. The van der Waals surface area contributed by atoms with Crippen LogP contribution in [0, 0.1) is 0 Å². The SMILES string of the molecule is CNC(=O)C(=NOC)c1sccc1COc1ccc(C2CCc3ccccc32)cc1. The minimum atomic E-state index is -0.290. The van der Waals surface area contributed by atoms with E-state index in [1.807, 2.05) is 23.6 Å². The molecule has 1 aliphatic carbocycles. The van der Waals surface area contributed by atoms with E-state index in [1.165, 1.54) is 35.1 Å². The quantitative estimate of drug-likeness (QED) is 0.452. The summed E-state index contributed by atoms with van der Waals surface area (Å²) < 4.78 is 6.00. The fourth-order valence-corrected chi connectivity index (χ4v) is 4.80. The Labute approximate surface area is 180 Å². The summed E-state index contributed by atoms with van der Waals surface area (Å²) in [6, 6.07) is 19.0. The van der Waals surface area contributed by atoms with Gasteiger partial charge in [-0.1, -0.05) is 41.6 Å². The predicted molar refractivity (Wildman–Crippen MR) is 119 cm³/mol. The van der Waals surface area contributed by atoms with Crippen LogP contribution in [0.5, 0.6) is 5.75 Å². The van der Waals surface area contributed by atoms with Crippen molar-refractivity contribution in [2.45, 2.75) is 25.4 Å². The van der Waals surface area contributed by atoms with Gasteiger partial charge in [0.15, 0.2) is 5.71 Å². The van der Waals surface area contributed by atoms with E-state index in [-0.39, 0.29) is 11.6 Å². The highest BCUT2D eigenvalue weighted by atomic mass is 32.1. The first-order valence-electron chi connectivity index (χ1n) is 9.91. The second kappa shape index (κ2) is 9.13. The maximum absolute atomic E-state index is 12.1. The first-order valence-corrected chi connectivity index (χ1v) is 10.8. The number of benzene rings is 2. The topological polar surface area (TPSA) is 59.9 Å². The van der Waals surface area contributed by atoms with Gasteiger partial charge in [0.05, 0.1) is 4.88 Å². The fraction of sp³-hybridized carbons (Fsp3) is 0.250. The van der Waals surface area contributed by atoms with Gasteiger partial charge < -0.3 is 14.9 Å². The molecule has 4 rings (SSSR count). The highest BCUT2D eigenvalue weighted by Crippen LogP contribution is 2.38. The minimum absolute atomic E-state index is 0.254. The molecule has 1 aliphatic rings. The van der Waals surface area contributed by atoms with Crippen molar-refractivity contribution in [2.75, 3.05) is 14.2 Å². The Hall–Kier alpha value is -3.12. The Morgan fingerprint density at radius 3 is 2.73 bits per heavy atom. The monoisotopic (exact) mass is 420 g/mol. The van der Waals surface area contributed by atoms with Gasteiger partial charge in [-0.25, -0.2) is 0 Å². The zero-order valence-electron chi connectivity index (χ0n) is 17.1. The summed E-state index contributed by atoms with van der Waals surface area (Å²) in [5.41, 5.74) is 5.36. The minimum Gasteiger partial charge on any atom is -0.489 e. The van der Waals surface area contributed by atoms with Crippen LogP contribution in [0.4, 0.5) is 0 Å². The Kier molecular flexibility index (Phi) is 6.14. The van der Waals surface area contributed by atoms with Crippen LogP contribution >= 0.6 is 11.3 Å². The average Bonchev–Trinajstić information content (AvgIpc) is 3.43. The van der Waals surface area contributed by atoms with E-state index in [0.29, 0.717) is 12.5 Å². The molecule has 0 aliphatic heterocycles. The molecule has 1 aromatic heterocycles. The van der Waals surface area contributed by atoms with E-state index in [4.69, 9.17) is 9.57 Å². The zero-order valence-corrected chi connectivity index (χ0v) is 17.9. The molecule has 0 saturated carbocycles. The van der Waals surface area contributed by atoms with Gasteiger partial charge >= 0.3 is 0 Å². The van der Waals surface area contributed by atoms with Gasteiger partial charge in [-0.05, 0) is 53.1 Å². The van der Waals surface area contributed by atoms with Crippen molar-refractivity contribution in [1.29, 1.82) is 0 Å². The van der Waals surface area contributed by atoms with Gasteiger partial charge in [0.2, 0.25) is 0 Å². The van der Waals surface area contributed by atoms with Crippen molar-refractivity contribution in [3.8, 4) is 5.75 Å². The third-order valence-electron chi connectivity index (χ3n) is 5.40. The molecule has 30 heavy (non-hydrogen) atoms. The van der Waals surface area contributed by atoms with Crippen molar-refractivity contribution >= 4 is 23.0 Å². The van der Waals surface area contributed by atoms with Gasteiger partial charge in [0, 0.05) is 18.5 Å². The van der Waals surface area contributed by atoms with E-state index in [9.17, 15) is 4.79 Å². The molecule has 1 amide bonds. The molecule has 6 heteroatoms. The second-order valence-electron chi connectivity index (χ2n) is 7.12. The first kappa shape index (κ1) is 20.2. The van der Waals surface area contributed by atoms with Crippen LogP contribution in [0.1, 0.15) is 39.5 Å². The summed E-state index contributed by atoms with van der Waals surface area (Å²) in [7, 11) is 3.00. The summed E-state index contributed by atoms with van der Waals surface area (Å²) in [6.45, 7) is 0.351. The number of oxime groups is 1. The number of likely N-dealkylation sites (N-methyl/N-ethyl adjacent to an activating group) is 1. The fourth-order valence-electron chi connectivity index (χ4n) is 3.91. The van der Waals surface area contributed by atoms with Crippen LogP contribution in [0.15, 0.2) is 65.1 Å². The highest BCUT2D eigenvalue weighted by molar-refractivity contribution is 7.13. The maximum Gasteiger partial charge on any atom is 0.274 e. The number of nitrogens with zero attached hydrogens (tertiary/aromatic N) is 1. The van der Waals surface area contributed by atoms with Crippen LogP contribution in [-0.2, 0) is 22.7 Å². The number of carbonyl (C=O) groups excluding carboxylic acids is 1. The van der Waals surface area contributed by atoms with Crippen molar-refractivity contribution in [3.05, 3.63) is 87.1 Å². The van der Waals surface area contributed by atoms with Crippen molar-refractivity contribution in [2.24, 2.45) is 5.16 Å². The van der Waals surface area contributed by atoms with E-state index in [1.54, 1.807) is 7.05 Å². The summed E-state index contributed by atoms with van der Waals surface area (Å²) >= 11 is 1.44. The average molecular weight is 421 g/mol. The number of ether oxygens (including phenoxy) is 1. The Morgan fingerprint density at radius 2 is 1.97 bits per heavy atom. The summed E-state index contributed by atoms with van der Waals surface area (Å²) in [5, 5.41) is 8.40. The van der Waals surface area contributed by atoms with Crippen molar-refractivity contribution < 1.29 is 14.4 Å². The van der Waals surface area contributed by atoms with E-state index in [2.05, 4.69) is 46.9 Å². The van der Waals surface area contributed by atoms with Gasteiger partial charge in [-0.3, -0.25) is 4.79 Å². The smallest absolute Gasteiger partial charge is 0.274 e. The lowest BCUT2D eigenvalue weighted by Gasteiger charge is -2.13. The first-order chi connectivity index (χ1) is 14.7. The Morgan fingerprint density at radius 1 is 1.17 bits per heavy atom. The molecule has 0 radical (unpaired) electrons. The zero-order chi connectivity index (χ0) is 20.9. The third-order valence-corrected chi connectivity index (χ3v) is 6.36. The molecular weight excluding hydrogens is 396 g/mol. The van der Waals surface area contributed by atoms with Gasteiger partial charge in [0.1, 0.15) is 19.5 Å². The maximum atomic E-state index is 12.1. The molecule has 1 heterocycles. The van der Waals surface area contributed by atoms with Gasteiger partial charge in [-0.15, -0.1) is 11.3 Å². The lowest BCUT2D eigenvalue weighted by molar-refractivity contribution is -0.114. The lowest BCUT2D eigenvalue weighted by Crippen LogP contribution is -2.28. The van der Waals surface area contributed by atoms with Crippen LogP contribution in [0.3, 0.4) is 0 Å². The number of amides is 1. The number of thiophene rings is 1. The van der Waals surface area contributed by atoms with Crippen molar-refractivity contribution in [3.63, 3.8) is 0 Å². The lowest BCUT2D eigenvalue weighted by atomic mass is 9.93. The molecule has 1 N–H and O–H groups in total. The molecule has 0 fully saturated rings. The molecule has 3 aromatic rings. The molecule has 5 nitrogen and oxygen atoms in total. The van der Waals surface area contributed by atoms with Crippen LogP contribution < -0.4 is 10.1 Å². The summed E-state index contributed by atoms with van der Waals surface area (Å²) in [5.74, 6) is 0.966. The summed E-state index contributed by atoms with van der Waals surface area (Å²) in [4.78, 5) is 17.7. The number of nitrogens with one attached hydrogen (secondary N) is 1. The van der Waals surface area contributed by atoms with E-state index < -0.39 is 0 Å². The molecule has 154 valence electrons. The van der Waals surface area contributed by atoms with Crippen LogP contribution in [0.25, 0.3) is 0 Å². The number of fused-ring (bicyclic) bond motifs is 1. The molecule has 0 bridgehead atoms. The molecule has 1 atom stereocenters. The Balaban J connectivity index is 1.46. The number of carbonyl (C=O) groups is 1. The highest BCUT2D eigenvalue weighted by Gasteiger charge is 2.23. The van der Waals surface area contributed by atoms with Crippen LogP contribution in [-0.4, -0.2) is 25.8 Å². The molecule has 0 spiro atoms. The standard InChI is InChI=1S/C24H24N2O3S/c1-25-24(27)22(26-28-2)23-18(13-14-30-23)15-29-19-10-7-17(8-11-19)21-12-9-16-5-3-4-6-20(16)21/h3-8,10-11,13-14,21H,9,12,15H2,1-2H3,(H,25,27). The predicted octanol–water partition coefficient (Wildman–Crippen LogP) is 4.50.